The number of likely N-dealkylation sites (tertiary alicyclic amines) is 1. The van der Waals surface area contributed by atoms with Gasteiger partial charge in [0, 0.05) is 6.54 Å². The Bertz CT molecular complexity index is 489. The van der Waals surface area contributed by atoms with Gasteiger partial charge >= 0.3 is 5.97 Å². The summed E-state index contributed by atoms with van der Waals surface area (Å²) in [5, 5.41) is 9.14. The summed E-state index contributed by atoms with van der Waals surface area (Å²) < 4.78 is 25.9. The molecule has 1 heterocycles. The van der Waals surface area contributed by atoms with Gasteiger partial charge in [-0.1, -0.05) is 13.8 Å². The Hall–Kier alpha value is -1.15. The summed E-state index contributed by atoms with van der Waals surface area (Å²) >= 11 is 0. The van der Waals surface area contributed by atoms with Crippen LogP contribution in [0, 0.1) is 5.92 Å². The quantitative estimate of drug-likeness (QED) is 0.707. The van der Waals surface area contributed by atoms with Crippen LogP contribution in [0.4, 0.5) is 0 Å². The lowest BCUT2D eigenvalue weighted by molar-refractivity contribution is -0.149. The van der Waals surface area contributed by atoms with Crippen LogP contribution in [0.2, 0.25) is 0 Å². The molecule has 21 heavy (non-hydrogen) atoms. The molecule has 2 atom stereocenters. The SMILES string of the molecule is CCS(=O)(=O)N[C@@H](CC(C)C)C(=O)N1CCC[C@H]1C(=O)O. The first-order chi connectivity index (χ1) is 9.68. The number of nitrogens with zero attached hydrogens (tertiary/aromatic N) is 1. The third-order valence-corrected chi connectivity index (χ3v) is 4.93. The molecule has 1 amide bonds. The monoisotopic (exact) mass is 320 g/mol. The van der Waals surface area contributed by atoms with Gasteiger partial charge in [0.25, 0.3) is 0 Å². The highest BCUT2D eigenvalue weighted by Crippen LogP contribution is 2.20. The predicted molar refractivity (Wildman–Crippen MR) is 78.2 cm³/mol. The number of carbonyl (C=O) groups excluding carboxylic acids is 1. The summed E-state index contributed by atoms with van der Waals surface area (Å²) in [7, 11) is -3.52. The van der Waals surface area contributed by atoms with E-state index in [1.807, 2.05) is 13.8 Å². The molecule has 1 fully saturated rings. The first kappa shape index (κ1) is 17.9. The third kappa shape index (κ3) is 4.96. The maximum absolute atomic E-state index is 12.5. The smallest absolute Gasteiger partial charge is 0.326 e. The van der Waals surface area contributed by atoms with Crippen molar-refractivity contribution in [2.24, 2.45) is 5.92 Å². The van der Waals surface area contributed by atoms with Gasteiger partial charge in [0.1, 0.15) is 12.1 Å². The minimum Gasteiger partial charge on any atom is -0.480 e. The molecule has 1 aliphatic rings. The molecule has 2 N–H and O–H groups in total. The molecule has 0 aromatic heterocycles. The zero-order chi connectivity index (χ0) is 16.2. The fourth-order valence-electron chi connectivity index (χ4n) is 2.46. The lowest BCUT2D eigenvalue weighted by atomic mass is 10.0. The van der Waals surface area contributed by atoms with E-state index in [1.165, 1.54) is 11.8 Å². The second kappa shape index (κ2) is 7.22. The van der Waals surface area contributed by atoms with E-state index in [0.717, 1.165) is 0 Å². The van der Waals surface area contributed by atoms with Crippen molar-refractivity contribution >= 4 is 21.9 Å². The highest BCUT2D eigenvalue weighted by molar-refractivity contribution is 7.89. The molecule has 0 spiro atoms. The molecular weight excluding hydrogens is 296 g/mol. The number of amides is 1. The third-order valence-electron chi connectivity index (χ3n) is 3.53. The van der Waals surface area contributed by atoms with Crippen molar-refractivity contribution < 1.29 is 23.1 Å². The van der Waals surface area contributed by atoms with E-state index < -0.39 is 34.0 Å². The van der Waals surface area contributed by atoms with Crippen LogP contribution in [0.3, 0.4) is 0 Å². The lowest BCUT2D eigenvalue weighted by Crippen LogP contribution is -2.52. The van der Waals surface area contributed by atoms with Crippen molar-refractivity contribution in [1.82, 2.24) is 9.62 Å². The van der Waals surface area contributed by atoms with E-state index in [9.17, 15) is 18.0 Å². The Kier molecular flexibility index (Phi) is 6.15. The second-order valence-corrected chi connectivity index (χ2v) is 7.77. The largest absolute Gasteiger partial charge is 0.480 e. The minimum atomic E-state index is -3.52. The van der Waals surface area contributed by atoms with Crippen LogP contribution < -0.4 is 4.72 Å². The summed E-state index contributed by atoms with van der Waals surface area (Å²) in [6, 6.07) is -1.74. The molecule has 0 aromatic rings. The highest BCUT2D eigenvalue weighted by atomic mass is 32.2. The summed E-state index contributed by atoms with van der Waals surface area (Å²) in [4.78, 5) is 25.0. The van der Waals surface area contributed by atoms with E-state index in [1.54, 1.807) is 0 Å². The Balaban J connectivity index is 2.92. The van der Waals surface area contributed by atoms with Crippen LogP contribution in [0.15, 0.2) is 0 Å². The van der Waals surface area contributed by atoms with Gasteiger partial charge in [-0.15, -0.1) is 0 Å². The summed E-state index contributed by atoms with van der Waals surface area (Å²) in [6.45, 7) is 5.63. The van der Waals surface area contributed by atoms with Gasteiger partial charge < -0.3 is 10.0 Å². The molecular formula is C13H24N2O5S. The number of carboxylic acid groups (broad SMARTS) is 1. The maximum atomic E-state index is 12.5. The van der Waals surface area contributed by atoms with Gasteiger partial charge in [0.2, 0.25) is 15.9 Å². The van der Waals surface area contributed by atoms with E-state index in [0.29, 0.717) is 25.8 Å². The number of hydrogen-bond donors (Lipinski definition) is 2. The lowest BCUT2D eigenvalue weighted by Gasteiger charge is -2.28. The Labute approximate surface area is 125 Å². The van der Waals surface area contributed by atoms with Gasteiger partial charge in [-0.05, 0) is 32.1 Å². The molecule has 0 saturated carbocycles. The Morgan fingerprint density at radius 3 is 2.48 bits per heavy atom. The topological polar surface area (TPSA) is 104 Å². The molecule has 122 valence electrons. The molecule has 0 unspecified atom stereocenters. The number of aliphatic carboxylic acids is 1. The molecule has 0 bridgehead atoms. The van der Waals surface area contributed by atoms with Crippen LogP contribution >= 0.6 is 0 Å². The molecule has 1 rings (SSSR count). The minimum absolute atomic E-state index is 0.114. The van der Waals surface area contributed by atoms with Crippen LogP contribution in [-0.2, 0) is 19.6 Å². The zero-order valence-electron chi connectivity index (χ0n) is 12.7. The van der Waals surface area contributed by atoms with Crippen LogP contribution in [0.25, 0.3) is 0 Å². The van der Waals surface area contributed by atoms with Crippen LogP contribution in [0.5, 0.6) is 0 Å². The van der Waals surface area contributed by atoms with Crippen molar-refractivity contribution in [2.75, 3.05) is 12.3 Å². The van der Waals surface area contributed by atoms with E-state index in [4.69, 9.17) is 5.11 Å². The fourth-order valence-corrected chi connectivity index (χ4v) is 3.26. The first-order valence-corrected chi connectivity index (χ1v) is 8.86. The number of hydrogen-bond acceptors (Lipinski definition) is 4. The van der Waals surface area contributed by atoms with E-state index in [-0.39, 0.29) is 11.7 Å². The normalized spacial score (nSPS) is 20.8. The fraction of sp³-hybridized carbons (Fsp3) is 0.846. The zero-order valence-corrected chi connectivity index (χ0v) is 13.5. The maximum Gasteiger partial charge on any atom is 0.326 e. The van der Waals surface area contributed by atoms with Gasteiger partial charge in [0.15, 0.2) is 0 Å². The Morgan fingerprint density at radius 2 is 2.00 bits per heavy atom. The standard InChI is InChI=1S/C13H24N2O5S/c1-4-21(19,20)14-10(8-9(2)3)12(16)15-7-5-6-11(15)13(17)18/h9-11,14H,4-8H2,1-3H3,(H,17,18)/t10-,11-/m0/s1. The van der Waals surface area contributed by atoms with Crippen molar-refractivity contribution in [1.29, 1.82) is 0 Å². The van der Waals surface area contributed by atoms with E-state index >= 15 is 0 Å². The van der Waals surface area contributed by atoms with Gasteiger partial charge in [0.05, 0.1) is 5.75 Å². The van der Waals surface area contributed by atoms with Crippen molar-refractivity contribution in [3.63, 3.8) is 0 Å². The average Bonchev–Trinajstić information content (AvgIpc) is 2.85. The summed E-state index contributed by atoms with van der Waals surface area (Å²) in [5.74, 6) is -1.48. The molecule has 0 aromatic carbocycles. The number of rotatable bonds is 7. The van der Waals surface area contributed by atoms with Crippen molar-refractivity contribution in [3.05, 3.63) is 0 Å². The number of sulfonamides is 1. The molecule has 0 aliphatic carbocycles. The molecule has 1 aliphatic heterocycles. The van der Waals surface area contributed by atoms with Gasteiger partial charge in [-0.25, -0.2) is 17.9 Å². The summed E-state index contributed by atoms with van der Waals surface area (Å²) in [5.41, 5.74) is 0. The summed E-state index contributed by atoms with van der Waals surface area (Å²) in [6.07, 6.45) is 1.38. The predicted octanol–water partition coefficient (Wildman–Crippen LogP) is 0.416. The number of nitrogens with one attached hydrogen (secondary N) is 1. The second-order valence-electron chi connectivity index (χ2n) is 5.73. The highest BCUT2D eigenvalue weighted by Gasteiger charge is 2.38. The Morgan fingerprint density at radius 1 is 1.38 bits per heavy atom. The number of carbonyl (C=O) groups is 2. The molecule has 0 radical (unpaired) electrons. The average molecular weight is 320 g/mol. The van der Waals surface area contributed by atoms with Crippen molar-refractivity contribution in [3.8, 4) is 0 Å². The van der Waals surface area contributed by atoms with Crippen LogP contribution in [0.1, 0.15) is 40.0 Å². The number of carboxylic acids is 1. The van der Waals surface area contributed by atoms with Crippen molar-refractivity contribution in [2.45, 2.75) is 52.1 Å². The molecule has 8 heteroatoms. The van der Waals surface area contributed by atoms with Gasteiger partial charge in [-0.3, -0.25) is 4.79 Å². The molecule has 7 nitrogen and oxygen atoms in total. The van der Waals surface area contributed by atoms with Crippen LogP contribution in [-0.4, -0.2) is 54.7 Å². The molecule has 1 saturated heterocycles. The first-order valence-electron chi connectivity index (χ1n) is 7.21. The van der Waals surface area contributed by atoms with E-state index in [2.05, 4.69) is 4.72 Å². The van der Waals surface area contributed by atoms with Gasteiger partial charge in [-0.2, -0.15) is 0 Å².